The zero-order valence-electron chi connectivity index (χ0n) is 14.3. The van der Waals surface area contributed by atoms with Gasteiger partial charge in [-0.25, -0.2) is 9.59 Å². The molecular weight excluding hydrogens is 316 g/mol. The van der Waals surface area contributed by atoms with E-state index in [0.29, 0.717) is 11.5 Å². The summed E-state index contributed by atoms with van der Waals surface area (Å²) in [6, 6.07) is 3.87. The van der Waals surface area contributed by atoms with Crippen LogP contribution in [0.25, 0.3) is 0 Å². The summed E-state index contributed by atoms with van der Waals surface area (Å²) in [6.45, 7) is 5.10. The van der Waals surface area contributed by atoms with Gasteiger partial charge in [-0.3, -0.25) is 10.1 Å². The van der Waals surface area contributed by atoms with E-state index >= 15 is 0 Å². The molecule has 0 aliphatic carbocycles. The Morgan fingerprint density at radius 2 is 1.75 bits per heavy atom. The van der Waals surface area contributed by atoms with Gasteiger partial charge in [-0.05, 0) is 39.0 Å². The molecule has 0 heterocycles. The summed E-state index contributed by atoms with van der Waals surface area (Å²) in [5.74, 6) is -0.576. The van der Waals surface area contributed by atoms with E-state index in [4.69, 9.17) is 14.2 Å². The number of hydrogen-bond donors (Lipinski definition) is 2. The average Bonchev–Trinajstić information content (AvgIpc) is 2.54. The van der Waals surface area contributed by atoms with E-state index in [1.54, 1.807) is 6.07 Å². The molecule has 1 unspecified atom stereocenters. The Labute approximate surface area is 140 Å². The lowest BCUT2D eigenvalue weighted by atomic mass is 10.2. The van der Waals surface area contributed by atoms with E-state index in [0.717, 1.165) is 0 Å². The van der Waals surface area contributed by atoms with Crippen LogP contribution < -0.4 is 20.1 Å². The molecule has 24 heavy (non-hydrogen) atoms. The fraction of sp³-hybridized carbons (Fsp3) is 0.438. The molecule has 8 nitrogen and oxygen atoms in total. The zero-order chi connectivity index (χ0) is 18.3. The van der Waals surface area contributed by atoms with E-state index in [1.807, 2.05) is 19.2 Å². The first-order valence-electron chi connectivity index (χ1n) is 7.36. The minimum atomic E-state index is -1.13. The predicted molar refractivity (Wildman–Crippen MR) is 86.2 cm³/mol. The van der Waals surface area contributed by atoms with Crippen LogP contribution in [0.4, 0.5) is 4.79 Å². The van der Waals surface area contributed by atoms with Gasteiger partial charge >= 0.3 is 12.0 Å². The van der Waals surface area contributed by atoms with Crippen LogP contribution in [0.5, 0.6) is 11.5 Å². The van der Waals surface area contributed by atoms with E-state index in [9.17, 15) is 14.4 Å². The highest BCUT2D eigenvalue weighted by molar-refractivity contribution is 5.98. The third kappa shape index (κ3) is 5.45. The standard InChI is InChI=1S/C16H22N2O6/c1-9(2)23-12-7-6-11(8-13(12)22-5)15(20)24-10(3)14(19)18-16(21)17-4/h6-10H,1-5H3,(H2,17,18,19,21). The number of urea groups is 1. The molecule has 3 amide bonds. The van der Waals surface area contributed by atoms with Gasteiger partial charge in [0.05, 0.1) is 18.8 Å². The Bertz CT molecular complexity index is 615. The first-order valence-corrected chi connectivity index (χ1v) is 7.36. The first kappa shape index (κ1) is 19.3. The topological polar surface area (TPSA) is 103 Å². The number of benzene rings is 1. The quantitative estimate of drug-likeness (QED) is 0.762. The second-order valence-electron chi connectivity index (χ2n) is 5.15. The molecule has 0 bridgehead atoms. The van der Waals surface area contributed by atoms with Crippen molar-refractivity contribution in [2.45, 2.75) is 33.0 Å². The molecule has 1 rings (SSSR count). The van der Waals surface area contributed by atoms with Crippen molar-refractivity contribution in [3.63, 3.8) is 0 Å². The molecule has 0 aliphatic rings. The SMILES string of the molecule is CNC(=O)NC(=O)C(C)OC(=O)c1ccc(OC(C)C)c(OC)c1. The van der Waals surface area contributed by atoms with Crippen molar-refractivity contribution in [2.24, 2.45) is 0 Å². The molecule has 8 heteroatoms. The molecule has 132 valence electrons. The Hall–Kier alpha value is -2.77. The maximum absolute atomic E-state index is 12.1. The van der Waals surface area contributed by atoms with E-state index < -0.39 is 24.0 Å². The lowest BCUT2D eigenvalue weighted by Gasteiger charge is -2.15. The fourth-order valence-corrected chi connectivity index (χ4v) is 1.70. The third-order valence-corrected chi connectivity index (χ3v) is 2.88. The Morgan fingerprint density at radius 3 is 2.29 bits per heavy atom. The lowest BCUT2D eigenvalue weighted by Crippen LogP contribution is -2.43. The van der Waals surface area contributed by atoms with Gasteiger partial charge in [-0.1, -0.05) is 0 Å². The number of esters is 1. The van der Waals surface area contributed by atoms with Gasteiger partial charge in [0, 0.05) is 7.05 Å². The van der Waals surface area contributed by atoms with Crippen LogP contribution in [0.1, 0.15) is 31.1 Å². The molecule has 0 aliphatic heterocycles. The molecule has 2 N–H and O–H groups in total. The number of methoxy groups -OCH3 is 1. The van der Waals surface area contributed by atoms with Gasteiger partial charge in [0.15, 0.2) is 17.6 Å². The number of carbonyl (C=O) groups excluding carboxylic acids is 3. The van der Waals surface area contributed by atoms with E-state index in [1.165, 1.54) is 33.2 Å². The van der Waals surface area contributed by atoms with Crippen LogP contribution >= 0.6 is 0 Å². The minimum Gasteiger partial charge on any atom is -0.493 e. The van der Waals surface area contributed by atoms with Crippen LogP contribution in [0.2, 0.25) is 0 Å². The van der Waals surface area contributed by atoms with Gasteiger partial charge in [-0.2, -0.15) is 0 Å². The van der Waals surface area contributed by atoms with Crippen molar-refractivity contribution in [1.82, 2.24) is 10.6 Å². The molecule has 0 saturated carbocycles. The van der Waals surface area contributed by atoms with Crippen LogP contribution in [0.15, 0.2) is 18.2 Å². The maximum atomic E-state index is 12.1. The van der Waals surface area contributed by atoms with Crippen molar-refractivity contribution in [2.75, 3.05) is 14.2 Å². The van der Waals surface area contributed by atoms with Crippen LogP contribution in [-0.4, -0.2) is 44.3 Å². The highest BCUT2D eigenvalue weighted by Crippen LogP contribution is 2.29. The van der Waals surface area contributed by atoms with Crippen molar-refractivity contribution in [3.8, 4) is 11.5 Å². The summed E-state index contributed by atoms with van der Waals surface area (Å²) in [5, 5.41) is 4.26. The number of ether oxygens (including phenoxy) is 3. The van der Waals surface area contributed by atoms with Crippen molar-refractivity contribution < 1.29 is 28.6 Å². The smallest absolute Gasteiger partial charge is 0.339 e. The average molecular weight is 338 g/mol. The number of imide groups is 1. The number of hydrogen-bond acceptors (Lipinski definition) is 6. The van der Waals surface area contributed by atoms with Crippen molar-refractivity contribution in [3.05, 3.63) is 23.8 Å². The second kappa shape index (κ2) is 8.76. The van der Waals surface area contributed by atoms with Gasteiger partial charge in [0.2, 0.25) is 0 Å². The molecule has 0 aromatic heterocycles. The summed E-state index contributed by atoms with van der Waals surface area (Å²) in [5.41, 5.74) is 0.197. The van der Waals surface area contributed by atoms with Crippen molar-refractivity contribution >= 4 is 17.9 Å². The summed E-state index contributed by atoms with van der Waals surface area (Å²) < 4.78 is 15.8. The van der Waals surface area contributed by atoms with Crippen molar-refractivity contribution in [1.29, 1.82) is 0 Å². The molecule has 1 aromatic carbocycles. The molecule has 1 atom stereocenters. The molecular formula is C16H22N2O6. The van der Waals surface area contributed by atoms with Crippen LogP contribution in [0.3, 0.4) is 0 Å². The Kier molecular flexibility index (Phi) is 7.03. The number of carbonyl (C=O) groups is 3. The lowest BCUT2D eigenvalue weighted by molar-refractivity contribution is -0.127. The van der Waals surface area contributed by atoms with E-state index in [-0.39, 0.29) is 11.7 Å². The van der Waals surface area contributed by atoms with Gasteiger partial charge in [0.1, 0.15) is 0 Å². The zero-order valence-corrected chi connectivity index (χ0v) is 14.3. The van der Waals surface area contributed by atoms with Gasteiger partial charge in [0.25, 0.3) is 5.91 Å². The van der Waals surface area contributed by atoms with Gasteiger partial charge < -0.3 is 19.5 Å². The number of nitrogens with one attached hydrogen (secondary N) is 2. The second-order valence-corrected chi connectivity index (χ2v) is 5.15. The number of amides is 3. The minimum absolute atomic E-state index is 0.0508. The van der Waals surface area contributed by atoms with Crippen LogP contribution in [0, 0.1) is 0 Å². The van der Waals surface area contributed by atoms with Gasteiger partial charge in [-0.15, -0.1) is 0 Å². The maximum Gasteiger partial charge on any atom is 0.339 e. The molecule has 0 fully saturated rings. The van der Waals surface area contributed by atoms with E-state index in [2.05, 4.69) is 5.32 Å². The predicted octanol–water partition coefficient (Wildman–Crippen LogP) is 1.48. The third-order valence-electron chi connectivity index (χ3n) is 2.88. The Morgan fingerprint density at radius 1 is 1.08 bits per heavy atom. The molecule has 0 spiro atoms. The summed E-state index contributed by atoms with van der Waals surface area (Å²) in [6.07, 6.45) is -1.18. The summed E-state index contributed by atoms with van der Waals surface area (Å²) in [4.78, 5) is 34.9. The Balaban J connectivity index is 2.80. The fourth-order valence-electron chi connectivity index (χ4n) is 1.70. The molecule has 0 saturated heterocycles. The molecule has 1 aromatic rings. The highest BCUT2D eigenvalue weighted by Gasteiger charge is 2.21. The molecule has 0 radical (unpaired) electrons. The highest BCUT2D eigenvalue weighted by atomic mass is 16.5. The summed E-state index contributed by atoms with van der Waals surface area (Å²) >= 11 is 0. The van der Waals surface area contributed by atoms with Crippen LogP contribution in [-0.2, 0) is 9.53 Å². The largest absolute Gasteiger partial charge is 0.493 e. The number of rotatable bonds is 6. The normalized spacial score (nSPS) is 11.4. The summed E-state index contributed by atoms with van der Waals surface area (Å²) in [7, 11) is 2.82. The monoisotopic (exact) mass is 338 g/mol. The first-order chi connectivity index (χ1) is 11.3.